The van der Waals surface area contributed by atoms with Crippen LogP contribution < -0.4 is 5.32 Å². The van der Waals surface area contributed by atoms with Crippen molar-refractivity contribution in [3.8, 4) is 11.3 Å². The normalized spacial score (nSPS) is 18.2. The van der Waals surface area contributed by atoms with Gasteiger partial charge < -0.3 is 14.7 Å². The van der Waals surface area contributed by atoms with Gasteiger partial charge in [-0.1, -0.05) is 0 Å². The van der Waals surface area contributed by atoms with E-state index in [-0.39, 0.29) is 35.6 Å². The van der Waals surface area contributed by atoms with Gasteiger partial charge in [-0.2, -0.15) is 0 Å². The molecule has 0 spiro atoms. The highest BCUT2D eigenvalue weighted by Crippen LogP contribution is 2.48. The Morgan fingerprint density at radius 1 is 1.13 bits per heavy atom. The van der Waals surface area contributed by atoms with E-state index < -0.39 is 11.6 Å². The maximum absolute atomic E-state index is 14.4. The van der Waals surface area contributed by atoms with Crippen LogP contribution in [0, 0.1) is 23.4 Å². The van der Waals surface area contributed by atoms with E-state index in [1.807, 2.05) is 0 Å². The average molecular weight is 425 g/mol. The zero-order valence-corrected chi connectivity index (χ0v) is 16.3. The van der Waals surface area contributed by atoms with Crippen LogP contribution in [0.2, 0.25) is 0 Å². The van der Waals surface area contributed by atoms with Gasteiger partial charge in [-0.15, -0.1) is 0 Å². The number of hydrogen-bond donors (Lipinski definition) is 2. The van der Waals surface area contributed by atoms with Crippen molar-refractivity contribution < 1.29 is 22.4 Å². The highest BCUT2D eigenvalue weighted by Gasteiger charge is 2.38. The first kappa shape index (κ1) is 19.4. The molecule has 8 heteroatoms. The summed E-state index contributed by atoms with van der Waals surface area (Å²) in [5.74, 6) is -2.10. The molecule has 2 heterocycles. The monoisotopic (exact) mass is 425 g/mol. The lowest BCUT2D eigenvalue weighted by Crippen LogP contribution is -2.37. The van der Waals surface area contributed by atoms with Crippen molar-refractivity contribution >= 4 is 16.8 Å². The minimum Gasteiger partial charge on any atom is -0.451 e. The first-order chi connectivity index (χ1) is 15.0. The smallest absolute Gasteiger partial charge is 0.223 e. The second-order valence-corrected chi connectivity index (χ2v) is 7.79. The molecule has 2 aromatic carbocycles. The lowest BCUT2D eigenvalue weighted by molar-refractivity contribution is -0.128. The summed E-state index contributed by atoms with van der Waals surface area (Å²) in [6.07, 6.45) is 3.86. The Morgan fingerprint density at radius 3 is 2.61 bits per heavy atom. The van der Waals surface area contributed by atoms with Gasteiger partial charge in [-0.25, -0.2) is 18.2 Å². The molecule has 0 atom stereocenters. The van der Waals surface area contributed by atoms with Crippen LogP contribution >= 0.6 is 0 Å². The summed E-state index contributed by atoms with van der Waals surface area (Å²) >= 11 is 0. The van der Waals surface area contributed by atoms with Crippen LogP contribution in [0.1, 0.15) is 30.0 Å². The van der Waals surface area contributed by atoms with E-state index in [9.17, 15) is 18.0 Å². The molecule has 1 amide bonds. The molecule has 0 aliphatic heterocycles. The van der Waals surface area contributed by atoms with Crippen molar-refractivity contribution in [1.82, 2.24) is 15.3 Å². The maximum Gasteiger partial charge on any atom is 0.223 e. The Morgan fingerprint density at radius 2 is 1.90 bits per heavy atom. The Bertz CT molecular complexity index is 1240. The van der Waals surface area contributed by atoms with Crippen LogP contribution in [0.15, 0.2) is 53.5 Å². The van der Waals surface area contributed by atoms with Crippen LogP contribution in [-0.4, -0.2) is 15.9 Å². The fraction of sp³-hybridized carbons (Fsp3) is 0.217. The molecule has 2 N–H and O–H groups in total. The minimum atomic E-state index is -0.689. The number of aromatic nitrogens is 2. The zero-order chi connectivity index (χ0) is 21.5. The van der Waals surface area contributed by atoms with Crippen molar-refractivity contribution in [3.63, 3.8) is 0 Å². The number of amides is 1. The van der Waals surface area contributed by atoms with E-state index in [1.54, 1.807) is 12.1 Å². The predicted octanol–water partition coefficient (Wildman–Crippen LogP) is 5.05. The molecular weight excluding hydrogens is 407 g/mol. The fourth-order valence-electron chi connectivity index (χ4n) is 4.22. The van der Waals surface area contributed by atoms with E-state index in [1.165, 1.54) is 30.9 Å². The molecule has 0 unspecified atom stereocenters. The third-order valence-corrected chi connectivity index (χ3v) is 5.84. The molecule has 2 aromatic heterocycles. The molecule has 5 rings (SSSR count). The Kier molecular flexibility index (Phi) is 4.77. The molecule has 31 heavy (non-hydrogen) atoms. The zero-order valence-electron chi connectivity index (χ0n) is 16.3. The highest BCUT2D eigenvalue weighted by atomic mass is 19.1. The summed E-state index contributed by atoms with van der Waals surface area (Å²) in [6.45, 7) is 0.279. The van der Waals surface area contributed by atoms with Crippen LogP contribution in [0.25, 0.3) is 22.2 Å². The number of aromatic amines is 1. The molecule has 0 bridgehead atoms. The van der Waals surface area contributed by atoms with Gasteiger partial charge in [0.05, 0.1) is 23.4 Å². The van der Waals surface area contributed by atoms with Crippen molar-refractivity contribution in [2.45, 2.75) is 25.3 Å². The van der Waals surface area contributed by atoms with Gasteiger partial charge in [0.25, 0.3) is 0 Å². The number of oxazole rings is 1. The predicted molar refractivity (Wildman–Crippen MR) is 107 cm³/mol. The maximum atomic E-state index is 14.4. The van der Waals surface area contributed by atoms with Gasteiger partial charge in [-0.3, -0.25) is 4.79 Å². The van der Waals surface area contributed by atoms with Crippen molar-refractivity contribution in [1.29, 1.82) is 0 Å². The molecule has 0 saturated heterocycles. The summed E-state index contributed by atoms with van der Waals surface area (Å²) in [5, 5.41) is 3.28. The molecule has 4 aromatic rings. The minimum absolute atomic E-state index is 0.0576. The molecular formula is C23H18F3N3O2. The second kappa shape index (κ2) is 7.61. The number of carbonyl (C=O) groups excluding carboxylic acids is 1. The van der Waals surface area contributed by atoms with Crippen LogP contribution in [-0.2, 0) is 11.3 Å². The summed E-state index contributed by atoms with van der Waals surface area (Å²) in [5.41, 5.74) is 2.87. The Balaban J connectivity index is 1.43. The van der Waals surface area contributed by atoms with E-state index in [4.69, 9.17) is 4.42 Å². The van der Waals surface area contributed by atoms with Gasteiger partial charge in [0, 0.05) is 17.4 Å². The highest BCUT2D eigenvalue weighted by molar-refractivity contribution is 5.92. The van der Waals surface area contributed by atoms with Gasteiger partial charge in [-0.05, 0) is 60.2 Å². The van der Waals surface area contributed by atoms with E-state index in [0.717, 1.165) is 11.6 Å². The van der Waals surface area contributed by atoms with E-state index in [0.29, 0.717) is 35.2 Å². The second-order valence-electron chi connectivity index (χ2n) is 7.79. The molecule has 158 valence electrons. The number of nitrogens with zero attached hydrogens (tertiary/aromatic N) is 1. The van der Waals surface area contributed by atoms with Crippen LogP contribution in [0.4, 0.5) is 13.2 Å². The Labute approximate surface area is 175 Å². The number of rotatable bonds is 5. The molecule has 1 fully saturated rings. The lowest BCUT2D eigenvalue weighted by atomic mass is 9.70. The average Bonchev–Trinajstić information content (AvgIpc) is 3.35. The third-order valence-electron chi connectivity index (χ3n) is 5.84. The van der Waals surface area contributed by atoms with Gasteiger partial charge in [0.1, 0.15) is 23.7 Å². The summed E-state index contributed by atoms with van der Waals surface area (Å²) in [7, 11) is 0. The number of hydrogen-bond acceptors (Lipinski definition) is 3. The summed E-state index contributed by atoms with van der Waals surface area (Å²) < 4.78 is 46.7. The van der Waals surface area contributed by atoms with Gasteiger partial charge >= 0.3 is 0 Å². The van der Waals surface area contributed by atoms with E-state index >= 15 is 0 Å². The first-order valence-electron chi connectivity index (χ1n) is 9.91. The first-order valence-corrected chi connectivity index (χ1v) is 9.91. The fourth-order valence-corrected chi connectivity index (χ4v) is 4.22. The number of H-pyrrole nitrogens is 1. The largest absolute Gasteiger partial charge is 0.451 e. The van der Waals surface area contributed by atoms with Gasteiger partial charge in [0.15, 0.2) is 6.39 Å². The molecule has 0 radical (unpaired) electrons. The molecule has 1 aliphatic carbocycles. The van der Waals surface area contributed by atoms with Crippen LogP contribution in [0.5, 0.6) is 0 Å². The number of halogens is 3. The third kappa shape index (κ3) is 3.58. The summed E-state index contributed by atoms with van der Waals surface area (Å²) in [6, 6.07) is 7.97. The summed E-state index contributed by atoms with van der Waals surface area (Å²) in [4.78, 5) is 19.5. The topological polar surface area (TPSA) is 70.9 Å². The Hall–Kier alpha value is -3.55. The molecule has 1 saturated carbocycles. The molecule has 5 nitrogen and oxygen atoms in total. The van der Waals surface area contributed by atoms with E-state index in [2.05, 4.69) is 15.3 Å². The number of nitrogens with one attached hydrogen (secondary N) is 2. The van der Waals surface area contributed by atoms with Crippen molar-refractivity contribution in [3.05, 3.63) is 77.8 Å². The standard InChI is InChI=1S/C23H18F3N3O2/c24-15-3-1-12(2-4-15)21-20(18-7-16(25)8-19(26)22(18)29-21)13-5-14(6-13)23(30)27-9-17-10-31-11-28-17/h1-4,7-8,10-11,13-14,29H,5-6,9H2,(H,27,30)/t13-,14-. The van der Waals surface area contributed by atoms with Crippen molar-refractivity contribution in [2.75, 3.05) is 0 Å². The van der Waals surface area contributed by atoms with Crippen molar-refractivity contribution in [2.24, 2.45) is 5.92 Å². The number of fused-ring (bicyclic) bond motifs is 1. The lowest BCUT2D eigenvalue weighted by Gasteiger charge is -2.35. The number of carbonyl (C=O) groups is 1. The van der Waals surface area contributed by atoms with Gasteiger partial charge in [0.2, 0.25) is 5.91 Å². The number of benzene rings is 2. The SMILES string of the molecule is O=C(NCc1cocn1)[C@H]1C[C@H](c2c(-c3ccc(F)cc3)[nH]c3c(F)cc(F)cc32)C1. The quantitative estimate of drug-likeness (QED) is 0.470. The molecule has 1 aliphatic rings. The van der Waals surface area contributed by atoms with Crippen LogP contribution in [0.3, 0.4) is 0 Å².